The summed E-state index contributed by atoms with van der Waals surface area (Å²) in [6.07, 6.45) is 1.52. The van der Waals surface area contributed by atoms with E-state index in [2.05, 4.69) is 25.4 Å². The maximum atomic E-state index is 12.4. The van der Waals surface area contributed by atoms with Gasteiger partial charge in [0.25, 0.3) is 5.56 Å². The van der Waals surface area contributed by atoms with Crippen LogP contribution in [0.4, 0.5) is 5.13 Å². The molecule has 3 aromatic heterocycles. The van der Waals surface area contributed by atoms with Gasteiger partial charge >= 0.3 is 0 Å². The SMILES string of the molecule is CC(=O)Nc1nc(CSc2nc3c(cnn3-c3ccccc3)c(=O)[nH]2)cs1. The van der Waals surface area contributed by atoms with Crippen molar-refractivity contribution >= 4 is 45.2 Å². The van der Waals surface area contributed by atoms with Gasteiger partial charge in [-0.25, -0.2) is 14.6 Å². The van der Waals surface area contributed by atoms with Crippen LogP contribution >= 0.6 is 23.1 Å². The average Bonchev–Trinajstić information content (AvgIpc) is 3.27. The van der Waals surface area contributed by atoms with Gasteiger partial charge < -0.3 is 10.3 Å². The number of amides is 1. The van der Waals surface area contributed by atoms with Crippen molar-refractivity contribution in [1.29, 1.82) is 0 Å². The van der Waals surface area contributed by atoms with Crippen LogP contribution in [0.2, 0.25) is 0 Å². The zero-order chi connectivity index (χ0) is 18.8. The first kappa shape index (κ1) is 17.4. The fourth-order valence-corrected chi connectivity index (χ4v) is 4.06. The van der Waals surface area contributed by atoms with Crippen molar-refractivity contribution in [1.82, 2.24) is 24.7 Å². The maximum Gasteiger partial charge on any atom is 0.262 e. The van der Waals surface area contributed by atoms with Crippen LogP contribution in [0, 0.1) is 0 Å². The summed E-state index contributed by atoms with van der Waals surface area (Å²) in [7, 11) is 0. The van der Waals surface area contributed by atoms with Crippen molar-refractivity contribution in [2.75, 3.05) is 5.32 Å². The highest BCUT2D eigenvalue weighted by Gasteiger charge is 2.12. The number of para-hydroxylation sites is 1. The Kier molecular flexibility index (Phi) is 4.73. The van der Waals surface area contributed by atoms with Crippen LogP contribution in [0.1, 0.15) is 12.6 Å². The molecule has 0 aliphatic carbocycles. The Morgan fingerprint density at radius 2 is 2.11 bits per heavy atom. The van der Waals surface area contributed by atoms with Crippen LogP contribution in [-0.4, -0.2) is 30.6 Å². The number of H-pyrrole nitrogens is 1. The first-order valence-electron chi connectivity index (χ1n) is 7.98. The maximum absolute atomic E-state index is 12.4. The summed E-state index contributed by atoms with van der Waals surface area (Å²) in [5.74, 6) is 0.360. The van der Waals surface area contributed by atoms with Crippen molar-refractivity contribution in [3.8, 4) is 5.69 Å². The van der Waals surface area contributed by atoms with Crippen LogP contribution < -0.4 is 10.9 Å². The number of fused-ring (bicyclic) bond motifs is 1. The Morgan fingerprint density at radius 3 is 2.89 bits per heavy atom. The quantitative estimate of drug-likeness (QED) is 0.396. The molecule has 0 saturated carbocycles. The van der Waals surface area contributed by atoms with Gasteiger partial charge in [0.05, 0.1) is 17.6 Å². The summed E-state index contributed by atoms with van der Waals surface area (Å²) < 4.78 is 1.65. The van der Waals surface area contributed by atoms with Crippen molar-refractivity contribution < 1.29 is 4.79 Å². The van der Waals surface area contributed by atoms with Crippen LogP contribution in [0.15, 0.2) is 51.9 Å². The predicted octanol–water partition coefficient (Wildman–Crippen LogP) is 2.82. The monoisotopic (exact) mass is 398 g/mol. The molecule has 0 aliphatic heterocycles. The van der Waals surface area contributed by atoms with Gasteiger partial charge in [0.15, 0.2) is 15.9 Å². The number of hydrogen-bond donors (Lipinski definition) is 2. The molecule has 0 fully saturated rings. The fraction of sp³-hybridized carbons (Fsp3) is 0.118. The van der Waals surface area contributed by atoms with Crippen LogP contribution in [0.5, 0.6) is 0 Å². The van der Waals surface area contributed by atoms with Gasteiger partial charge in [0.2, 0.25) is 5.91 Å². The average molecular weight is 398 g/mol. The molecule has 4 aromatic rings. The highest BCUT2D eigenvalue weighted by Crippen LogP contribution is 2.23. The summed E-state index contributed by atoms with van der Waals surface area (Å²) >= 11 is 2.72. The lowest BCUT2D eigenvalue weighted by Crippen LogP contribution is -2.09. The van der Waals surface area contributed by atoms with Gasteiger partial charge in [-0.05, 0) is 12.1 Å². The molecule has 2 N–H and O–H groups in total. The molecular weight excluding hydrogens is 384 g/mol. The van der Waals surface area contributed by atoms with Crippen molar-refractivity contribution in [3.05, 3.63) is 58.0 Å². The second-order valence-corrected chi connectivity index (χ2v) is 7.44. The molecule has 1 aromatic carbocycles. The molecule has 1 amide bonds. The summed E-state index contributed by atoms with van der Waals surface area (Å²) in [6.45, 7) is 1.44. The molecule has 0 spiro atoms. The van der Waals surface area contributed by atoms with E-state index >= 15 is 0 Å². The molecule has 8 nitrogen and oxygen atoms in total. The molecule has 0 unspecified atom stereocenters. The topological polar surface area (TPSA) is 106 Å². The molecule has 0 radical (unpaired) electrons. The number of rotatable bonds is 5. The molecule has 136 valence electrons. The molecule has 3 heterocycles. The van der Waals surface area contributed by atoms with Crippen molar-refractivity contribution in [3.63, 3.8) is 0 Å². The number of aromatic amines is 1. The van der Waals surface area contributed by atoms with E-state index in [0.717, 1.165) is 11.4 Å². The Labute approximate surface area is 161 Å². The highest BCUT2D eigenvalue weighted by molar-refractivity contribution is 7.98. The number of anilines is 1. The molecule has 4 rings (SSSR count). The van der Waals surface area contributed by atoms with Gasteiger partial charge in [-0.1, -0.05) is 30.0 Å². The molecule has 0 aliphatic rings. The number of thioether (sulfide) groups is 1. The van der Waals surface area contributed by atoms with E-state index in [9.17, 15) is 9.59 Å². The van der Waals surface area contributed by atoms with E-state index in [0.29, 0.717) is 27.1 Å². The van der Waals surface area contributed by atoms with Crippen molar-refractivity contribution in [2.45, 2.75) is 17.8 Å². The molecule has 0 atom stereocenters. The summed E-state index contributed by atoms with van der Waals surface area (Å²) in [5, 5.41) is 10.3. The summed E-state index contributed by atoms with van der Waals surface area (Å²) in [5.41, 5.74) is 1.90. The Morgan fingerprint density at radius 1 is 1.30 bits per heavy atom. The number of thiazole rings is 1. The second kappa shape index (κ2) is 7.33. The minimum atomic E-state index is -0.234. The van der Waals surface area contributed by atoms with Gasteiger partial charge in [-0.3, -0.25) is 9.59 Å². The minimum absolute atomic E-state index is 0.158. The number of nitrogens with zero attached hydrogens (tertiary/aromatic N) is 4. The number of hydrogen-bond acceptors (Lipinski definition) is 7. The number of aromatic nitrogens is 5. The van der Waals surface area contributed by atoms with Gasteiger partial charge in [0, 0.05) is 18.1 Å². The van der Waals surface area contributed by atoms with Gasteiger partial charge in [-0.2, -0.15) is 5.10 Å². The zero-order valence-electron chi connectivity index (χ0n) is 14.2. The number of carbonyl (C=O) groups is 1. The molecule has 27 heavy (non-hydrogen) atoms. The van der Waals surface area contributed by atoms with E-state index < -0.39 is 0 Å². The molecular formula is C17H14N6O2S2. The number of benzene rings is 1. The van der Waals surface area contributed by atoms with Crippen molar-refractivity contribution in [2.24, 2.45) is 0 Å². The van der Waals surface area contributed by atoms with E-state index in [1.807, 2.05) is 35.7 Å². The zero-order valence-corrected chi connectivity index (χ0v) is 15.8. The van der Waals surface area contributed by atoms with Gasteiger partial charge in [-0.15, -0.1) is 11.3 Å². The standard InChI is InChI=1S/C17H14N6O2S2/c1-10(24)19-16-20-11(8-26-16)9-27-17-21-14-13(15(25)22-17)7-18-23(14)12-5-3-2-4-6-12/h2-8H,9H2,1H3,(H,19,20,24)(H,21,22,25). The lowest BCUT2D eigenvalue weighted by Gasteiger charge is -2.04. The minimum Gasteiger partial charge on any atom is -0.302 e. The third kappa shape index (κ3) is 3.76. The summed E-state index contributed by atoms with van der Waals surface area (Å²) in [6, 6.07) is 9.53. The molecule has 0 bridgehead atoms. The summed E-state index contributed by atoms with van der Waals surface area (Å²) in [4.78, 5) is 35.1. The number of carbonyl (C=O) groups excluding carboxylic acids is 1. The largest absolute Gasteiger partial charge is 0.302 e. The lowest BCUT2D eigenvalue weighted by molar-refractivity contribution is -0.114. The fourth-order valence-electron chi connectivity index (χ4n) is 2.45. The van der Waals surface area contributed by atoms with E-state index in [1.54, 1.807) is 4.68 Å². The van der Waals surface area contributed by atoms with Crippen LogP contribution in [0.3, 0.4) is 0 Å². The van der Waals surface area contributed by atoms with Crippen LogP contribution in [0.25, 0.3) is 16.7 Å². The molecule has 10 heteroatoms. The predicted molar refractivity (Wildman–Crippen MR) is 105 cm³/mol. The van der Waals surface area contributed by atoms with E-state index in [4.69, 9.17) is 0 Å². The van der Waals surface area contributed by atoms with Gasteiger partial charge in [0.1, 0.15) is 5.39 Å². The van der Waals surface area contributed by atoms with E-state index in [1.165, 1.54) is 36.2 Å². The number of nitrogens with one attached hydrogen (secondary N) is 2. The first-order chi connectivity index (χ1) is 13.1. The first-order valence-corrected chi connectivity index (χ1v) is 9.85. The molecule has 0 saturated heterocycles. The van der Waals surface area contributed by atoms with E-state index in [-0.39, 0.29) is 11.5 Å². The Balaban J connectivity index is 1.60. The van der Waals surface area contributed by atoms with Crippen LogP contribution in [-0.2, 0) is 10.5 Å². The third-order valence-electron chi connectivity index (χ3n) is 3.61. The Hall–Kier alpha value is -2.98. The highest BCUT2D eigenvalue weighted by atomic mass is 32.2. The smallest absolute Gasteiger partial charge is 0.262 e. The second-order valence-electron chi connectivity index (χ2n) is 5.61. The lowest BCUT2D eigenvalue weighted by atomic mass is 10.3. The third-order valence-corrected chi connectivity index (χ3v) is 5.32. The Bertz CT molecular complexity index is 1170. The normalized spacial score (nSPS) is 11.0.